The van der Waals surface area contributed by atoms with Crippen molar-refractivity contribution in [2.45, 2.75) is 0 Å². The minimum Gasteiger partial charge on any atom is -0.476 e. The van der Waals surface area contributed by atoms with E-state index in [0.29, 0.717) is 17.2 Å². The molecule has 6 nitrogen and oxygen atoms in total. The molecule has 0 saturated carbocycles. The zero-order chi connectivity index (χ0) is 17.8. The van der Waals surface area contributed by atoms with Crippen molar-refractivity contribution in [1.29, 1.82) is 0 Å². The van der Waals surface area contributed by atoms with Gasteiger partial charge in [0.2, 0.25) is 0 Å². The molecule has 3 rings (SSSR count). The summed E-state index contributed by atoms with van der Waals surface area (Å²) >= 11 is 5.62. The molecule has 3 N–H and O–H groups in total. The molecule has 1 heterocycles. The molecule has 25 heavy (non-hydrogen) atoms. The molecule has 2 aromatic carbocycles. The zero-order valence-corrected chi connectivity index (χ0v) is 13.9. The number of nitrogens with zero attached hydrogens (tertiary/aromatic N) is 3. The van der Waals surface area contributed by atoms with Gasteiger partial charge in [0.1, 0.15) is 5.84 Å². The second-order valence-corrected chi connectivity index (χ2v) is 5.52. The summed E-state index contributed by atoms with van der Waals surface area (Å²) in [6.07, 6.45) is 0. The highest BCUT2D eigenvalue weighted by Gasteiger charge is 2.15. The monoisotopic (exact) mass is 354 g/mol. The van der Waals surface area contributed by atoms with Crippen LogP contribution >= 0.6 is 11.6 Å². The van der Waals surface area contributed by atoms with Crippen LogP contribution in [0.15, 0.2) is 65.7 Å². The van der Waals surface area contributed by atoms with Crippen molar-refractivity contribution in [3.05, 3.63) is 66.4 Å². The largest absolute Gasteiger partial charge is 0.476 e. The van der Waals surface area contributed by atoms with Crippen molar-refractivity contribution >= 4 is 29.1 Å². The standard InChI is InChI=1S/C18H15ClN4O2/c19-11-17(20)21-13-6-8-14(9-7-13)23-16(10-15(22-23)18(24)25)12-4-2-1-3-5-12/h1-10H,11H2,(H2,20,21)(H,24,25). The number of alkyl halides is 1. The van der Waals surface area contributed by atoms with Gasteiger partial charge in [0, 0.05) is 5.56 Å². The molecule has 0 fully saturated rings. The lowest BCUT2D eigenvalue weighted by molar-refractivity contribution is 0.0690. The second kappa shape index (κ2) is 7.19. The zero-order valence-electron chi connectivity index (χ0n) is 13.1. The number of carboxylic acid groups (broad SMARTS) is 1. The van der Waals surface area contributed by atoms with Gasteiger partial charge in [-0.1, -0.05) is 30.3 Å². The fourth-order valence-corrected chi connectivity index (χ4v) is 2.42. The number of carboxylic acids is 1. The minimum absolute atomic E-state index is 0.0210. The molecule has 0 aliphatic heterocycles. The van der Waals surface area contributed by atoms with Gasteiger partial charge in [0.15, 0.2) is 5.69 Å². The molecular weight excluding hydrogens is 340 g/mol. The molecule has 0 bridgehead atoms. The maximum atomic E-state index is 11.3. The lowest BCUT2D eigenvalue weighted by atomic mass is 10.1. The summed E-state index contributed by atoms with van der Waals surface area (Å²) < 4.78 is 1.59. The summed E-state index contributed by atoms with van der Waals surface area (Å²) in [6.45, 7) is 0. The van der Waals surface area contributed by atoms with E-state index in [4.69, 9.17) is 17.3 Å². The average Bonchev–Trinajstić information content (AvgIpc) is 3.08. The molecule has 1 aromatic heterocycles. The third kappa shape index (κ3) is 3.70. The Morgan fingerprint density at radius 1 is 1.16 bits per heavy atom. The van der Waals surface area contributed by atoms with Gasteiger partial charge >= 0.3 is 5.97 Å². The summed E-state index contributed by atoms with van der Waals surface area (Å²) in [7, 11) is 0. The highest BCUT2D eigenvalue weighted by Crippen LogP contribution is 2.25. The van der Waals surface area contributed by atoms with Crippen LogP contribution < -0.4 is 5.73 Å². The van der Waals surface area contributed by atoms with Crippen molar-refractivity contribution in [1.82, 2.24) is 9.78 Å². The summed E-state index contributed by atoms with van der Waals surface area (Å²) in [6, 6.07) is 18.2. The number of hydrogen-bond acceptors (Lipinski definition) is 3. The van der Waals surface area contributed by atoms with Crippen molar-refractivity contribution < 1.29 is 9.90 Å². The quantitative estimate of drug-likeness (QED) is 0.417. The number of nitrogens with two attached hydrogens (primary N) is 1. The molecular formula is C18H15ClN4O2. The van der Waals surface area contributed by atoms with Crippen LogP contribution in [0.2, 0.25) is 0 Å². The highest BCUT2D eigenvalue weighted by molar-refractivity contribution is 6.28. The predicted molar refractivity (Wildman–Crippen MR) is 98.0 cm³/mol. The topological polar surface area (TPSA) is 93.5 Å². The lowest BCUT2D eigenvalue weighted by Crippen LogP contribution is -2.12. The minimum atomic E-state index is -1.08. The van der Waals surface area contributed by atoms with Gasteiger partial charge in [-0.2, -0.15) is 5.10 Å². The Morgan fingerprint density at radius 2 is 1.84 bits per heavy atom. The fraction of sp³-hybridized carbons (Fsp3) is 0.0556. The third-order valence-electron chi connectivity index (χ3n) is 3.50. The average molecular weight is 355 g/mol. The normalized spacial score (nSPS) is 11.5. The summed E-state index contributed by atoms with van der Waals surface area (Å²) in [5.41, 5.74) is 8.54. The van der Waals surface area contributed by atoms with Crippen LogP contribution in [-0.2, 0) is 0 Å². The molecule has 7 heteroatoms. The molecule has 0 atom stereocenters. The van der Waals surface area contributed by atoms with E-state index in [2.05, 4.69) is 10.1 Å². The van der Waals surface area contributed by atoms with Crippen LogP contribution in [-0.4, -0.2) is 32.6 Å². The van der Waals surface area contributed by atoms with E-state index in [1.807, 2.05) is 30.3 Å². The molecule has 0 saturated heterocycles. The number of amidine groups is 1. The number of aromatic carboxylic acids is 1. The molecule has 126 valence electrons. The van der Waals surface area contributed by atoms with E-state index in [9.17, 15) is 9.90 Å². The second-order valence-electron chi connectivity index (χ2n) is 5.25. The Kier molecular flexibility index (Phi) is 4.81. The number of hydrogen-bond donors (Lipinski definition) is 2. The van der Waals surface area contributed by atoms with Crippen LogP contribution in [0.5, 0.6) is 0 Å². The van der Waals surface area contributed by atoms with Crippen LogP contribution in [0, 0.1) is 0 Å². The Hall–Kier alpha value is -3.12. The van der Waals surface area contributed by atoms with E-state index < -0.39 is 5.97 Å². The smallest absolute Gasteiger partial charge is 0.356 e. The van der Waals surface area contributed by atoms with Crippen LogP contribution in [0.4, 0.5) is 5.69 Å². The van der Waals surface area contributed by atoms with Gasteiger partial charge in [-0.25, -0.2) is 14.5 Å². The van der Waals surface area contributed by atoms with Crippen molar-refractivity contribution in [3.8, 4) is 16.9 Å². The van der Waals surface area contributed by atoms with Crippen LogP contribution in [0.1, 0.15) is 10.5 Å². The van der Waals surface area contributed by atoms with E-state index >= 15 is 0 Å². The predicted octanol–water partition coefficient (Wildman–Crippen LogP) is 3.47. The van der Waals surface area contributed by atoms with Crippen LogP contribution in [0.25, 0.3) is 16.9 Å². The Morgan fingerprint density at radius 3 is 2.44 bits per heavy atom. The molecule has 3 aromatic rings. The molecule has 0 spiro atoms. The van der Waals surface area contributed by atoms with Gasteiger partial charge in [-0.05, 0) is 30.3 Å². The lowest BCUT2D eigenvalue weighted by Gasteiger charge is -2.08. The summed E-state index contributed by atoms with van der Waals surface area (Å²) in [5, 5.41) is 13.5. The Bertz CT molecular complexity index is 918. The van der Waals surface area contributed by atoms with Crippen LogP contribution in [0.3, 0.4) is 0 Å². The first-order chi connectivity index (χ1) is 12.1. The van der Waals surface area contributed by atoms with E-state index in [1.54, 1.807) is 35.0 Å². The molecule has 0 radical (unpaired) electrons. The number of aromatic nitrogens is 2. The molecule has 0 amide bonds. The fourth-order valence-electron chi connectivity index (χ4n) is 2.36. The van der Waals surface area contributed by atoms with Gasteiger partial charge < -0.3 is 10.8 Å². The molecule has 0 unspecified atom stereocenters. The number of rotatable bonds is 5. The summed E-state index contributed by atoms with van der Waals surface area (Å²) in [5.74, 6) is -0.597. The Balaban J connectivity index is 2.06. The number of carbonyl (C=O) groups is 1. The highest BCUT2D eigenvalue weighted by atomic mass is 35.5. The van der Waals surface area contributed by atoms with Crippen molar-refractivity contribution in [3.63, 3.8) is 0 Å². The maximum Gasteiger partial charge on any atom is 0.356 e. The SMILES string of the molecule is NC(CCl)=Nc1ccc(-n2nc(C(=O)O)cc2-c2ccccc2)cc1. The first kappa shape index (κ1) is 16.7. The number of halogens is 1. The Labute approximate surface area is 149 Å². The van der Waals surface area contributed by atoms with Gasteiger partial charge in [0.25, 0.3) is 0 Å². The first-order valence-electron chi connectivity index (χ1n) is 7.46. The van der Waals surface area contributed by atoms with Gasteiger partial charge in [-0.3, -0.25) is 0 Å². The maximum absolute atomic E-state index is 11.3. The van der Waals surface area contributed by atoms with Gasteiger partial charge in [-0.15, -0.1) is 11.6 Å². The third-order valence-corrected chi connectivity index (χ3v) is 3.78. The molecule has 0 aliphatic carbocycles. The first-order valence-corrected chi connectivity index (χ1v) is 8.00. The van der Waals surface area contributed by atoms with E-state index in [0.717, 1.165) is 11.3 Å². The summed E-state index contributed by atoms with van der Waals surface area (Å²) in [4.78, 5) is 15.5. The van der Waals surface area contributed by atoms with Crippen molar-refractivity contribution in [2.24, 2.45) is 10.7 Å². The number of benzene rings is 2. The van der Waals surface area contributed by atoms with Crippen molar-refractivity contribution in [2.75, 3.05) is 5.88 Å². The van der Waals surface area contributed by atoms with E-state index in [1.165, 1.54) is 0 Å². The van der Waals surface area contributed by atoms with Gasteiger partial charge in [0.05, 0.1) is 22.9 Å². The number of aliphatic imine (C=N–C) groups is 1. The molecule has 0 aliphatic rings. The van der Waals surface area contributed by atoms with E-state index in [-0.39, 0.29) is 11.6 Å².